The van der Waals surface area contributed by atoms with Crippen molar-refractivity contribution in [3.63, 3.8) is 0 Å². The van der Waals surface area contributed by atoms with Gasteiger partial charge in [0, 0.05) is 17.5 Å². The van der Waals surface area contributed by atoms with Gasteiger partial charge in [0.1, 0.15) is 0 Å². The van der Waals surface area contributed by atoms with E-state index in [1.165, 1.54) is 18.4 Å². The first-order chi connectivity index (χ1) is 8.67. The molecular formula is C14H19N3S. The van der Waals surface area contributed by atoms with Gasteiger partial charge in [0.2, 0.25) is 0 Å². The zero-order chi connectivity index (χ0) is 13.0. The summed E-state index contributed by atoms with van der Waals surface area (Å²) in [5, 5.41) is 13.5. The Labute approximate surface area is 113 Å². The molecule has 0 aromatic carbocycles. The lowest BCUT2D eigenvalue weighted by Crippen LogP contribution is -2.29. The number of nitriles is 1. The van der Waals surface area contributed by atoms with Crippen molar-refractivity contribution in [3.05, 3.63) is 23.4 Å². The summed E-state index contributed by atoms with van der Waals surface area (Å²) >= 11 is 1.74. The Balaban J connectivity index is 1.78. The highest BCUT2D eigenvalue weighted by atomic mass is 32.2. The van der Waals surface area contributed by atoms with Crippen molar-refractivity contribution < 1.29 is 0 Å². The highest BCUT2D eigenvalue weighted by molar-refractivity contribution is 7.99. The van der Waals surface area contributed by atoms with E-state index in [4.69, 9.17) is 5.26 Å². The van der Waals surface area contributed by atoms with E-state index < -0.39 is 0 Å². The van der Waals surface area contributed by atoms with Crippen LogP contribution in [0.15, 0.2) is 17.2 Å². The molecule has 0 spiro atoms. The summed E-state index contributed by atoms with van der Waals surface area (Å²) in [6, 6.07) is 7.11. The average Bonchev–Trinajstić information content (AvgIpc) is 3.10. The smallest absolute Gasteiger partial charge is 0.0965 e. The topological polar surface area (TPSA) is 48.7 Å². The molecule has 1 N–H and O–H groups in total. The fraction of sp³-hybridized carbons (Fsp3) is 0.571. The maximum absolute atomic E-state index is 9.05. The van der Waals surface area contributed by atoms with Gasteiger partial charge in [-0.2, -0.15) is 5.26 Å². The van der Waals surface area contributed by atoms with E-state index in [-0.39, 0.29) is 6.04 Å². The standard InChI is InChI=1S/C14H19N3S/c1-10-7-11(2)16-14(8-10)18-6-5-13(9-15)17-12-3-4-12/h7-8,12-13,17H,3-6H2,1-2H3. The molecule has 18 heavy (non-hydrogen) atoms. The quantitative estimate of drug-likeness (QED) is 0.800. The third-order valence-electron chi connectivity index (χ3n) is 2.90. The molecule has 0 aliphatic heterocycles. The summed E-state index contributed by atoms with van der Waals surface area (Å²) in [5.41, 5.74) is 2.31. The Morgan fingerprint density at radius 2 is 2.28 bits per heavy atom. The van der Waals surface area contributed by atoms with Crippen LogP contribution in [-0.4, -0.2) is 22.8 Å². The summed E-state index contributed by atoms with van der Waals surface area (Å²) in [5.74, 6) is 0.938. The fourth-order valence-corrected chi connectivity index (χ4v) is 2.92. The van der Waals surface area contributed by atoms with Gasteiger partial charge in [0.15, 0.2) is 0 Å². The van der Waals surface area contributed by atoms with Crippen LogP contribution in [-0.2, 0) is 0 Å². The summed E-state index contributed by atoms with van der Waals surface area (Å²) < 4.78 is 0. The van der Waals surface area contributed by atoms with E-state index in [1.807, 2.05) is 6.92 Å². The predicted molar refractivity (Wildman–Crippen MR) is 74.6 cm³/mol. The molecule has 2 rings (SSSR count). The normalized spacial score (nSPS) is 16.3. The van der Waals surface area contributed by atoms with Crippen LogP contribution in [0.5, 0.6) is 0 Å². The molecule has 1 aliphatic rings. The number of aromatic nitrogens is 1. The zero-order valence-corrected chi connectivity index (χ0v) is 11.8. The number of nitrogens with zero attached hydrogens (tertiary/aromatic N) is 2. The molecule has 0 saturated heterocycles. The molecular weight excluding hydrogens is 242 g/mol. The summed E-state index contributed by atoms with van der Waals surface area (Å²) in [6.07, 6.45) is 3.33. The van der Waals surface area contributed by atoms with Crippen molar-refractivity contribution in [2.75, 3.05) is 5.75 Å². The summed E-state index contributed by atoms with van der Waals surface area (Å²) in [4.78, 5) is 4.49. The Bertz CT molecular complexity index is 429. The fourth-order valence-electron chi connectivity index (χ4n) is 1.88. The van der Waals surface area contributed by atoms with E-state index in [9.17, 15) is 0 Å². The van der Waals surface area contributed by atoms with Gasteiger partial charge in [-0.1, -0.05) is 0 Å². The van der Waals surface area contributed by atoms with E-state index in [0.717, 1.165) is 22.9 Å². The number of pyridine rings is 1. The van der Waals surface area contributed by atoms with Crippen molar-refractivity contribution in [2.45, 2.75) is 50.2 Å². The second kappa shape index (κ2) is 6.21. The van der Waals surface area contributed by atoms with Crippen LogP contribution in [0.4, 0.5) is 0 Å². The first-order valence-corrected chi connectivity index (χ1v) is 7.39. The molecule has 0 radical (unpaired) electrons. The molecule has 4 heteroatoms. The first-order valence-electron chi connectivity index (χ1n) is 6.41. The van der Waals surface area contributed by atoms with Crippen molar-refractivity contribution in [2.24, 2.45) is 0 Å². The van der Waals surface area contributed by atoms with Gasteiger partial charge in [-0.05, 0) is 50.8 Å². The summed E-state index contributed by atoms with van der Waals surface area (Å²) in [6.45, 7) is 4.11. The minimum atomic E-state index is -0.00379. The van der Waals surface area contributed by atoms with Gasteiger partial charge in [-0.3, -0.25) is 5.32 Å². The number of hydrogen-bond acceptors (Lipinski definition) is 4. The molecule has 3 nitrogen and oxygen atoms in total. The van der Waals surface area contributed by atoms with Crippen LogP contribution in [0.1, 0.15) is 30.5 Å². The second-order valence-electron chi connectivity index (χ2n) is 4.88. The minimum absolute atomic E-state index is 0.00379. The van der Waals surface area contributed by atoms with Gasteiger partial charge in [-0.25, -0.2) is 4.98 Å². The van der Waals surface area contributed by atoms with Crippen LogP contribution >= 0.6 is 11.8 Å². The number of rotatable bonds is 6. The molecule has 1 aromatic heterocycles. The van der Waals surface area contributed by atoms with Gasteiger partial charge < -0.3 is 0 Å². The number of hydrogen-bond donors (Lipinski definition) is 1. The van der Waals surface area contributed by atoms with Crippen molar-refractivity contribution in [1.82, 2.24) is 10.3 Å². The molecule has 1 unspecified atom stereocenters. The minimum Gasteiger partial charge on any atom is -0.299 e. The van der Waals surface area contributed by atoms with E-state index in [1.54, 1.807) is 11.8 Å². The Kier molecular flexibility index (Phi) is 4.62. The van der Waals surface area contributed by atoms with Crippen molar-refractivity contribution in [1.29, 1.82) is 5.26 Å². The van der Waals surface area contributed by atoms with Crippen LogP contribution in [0.3, 0.4) is 0 Å². The van der Waals surface area contributed by atoms with E-state index in [2.05, 4.69) is 35.4 Å². The van der Waals surface area contributed by atoms with Crippen LogP contribution in [0.2, 0.25) is 0 Å². The molecule has 1 fully saturated rings. The molecule has 1 aromatic rings. The highest BCUT2D eigenvalue weighted by Gasteiger charge is 2.24. The molecule has 0 bridgehead atoms. The Hall–Kier alpha value is -1.05. The molecule has 96 valence electrons. The molecule has 1 atom stereocenters. The molecule has 0 amide bonds. The van der Waals surface area contributed by atoms with E-state index >= 15 is 0 Å². The number of nitrogens with one attached hydrogen (secondary N) is 1. The van der Waals surface area contributed by atoms with Crippen LogP contribution in [0, 0.1) is 25.2 Å². The van der Waals surface area contributed by atoms with Gasteiger partial charge >= 0.3 is 0 Å². The Morgan fingerprint density at radius 1 is 1.50 bits per heavy atom. The zero-order valence-electron chi connectivity index (χ0n) is 10.9. The lowest BCUT2D eigenvalue weighted by Gasteiger charge is -2.10. The van der Waals surface area contributed by atoms with Crippen molar-refractivity contribution >= 4 is 11.8 Å². The SMILES string of the molecule is Cc1cc(C)nc(SCCC(C#N)NC2CC2)c1. The predicted octanol–water partition coefficient (Wildman–Crippen LogP) is 2.82. The van der Waals surface area contributed by atoms with Crippen molar-refractivity contribution in [3.8, 4) is 6.07 Å². The average molecular weight is 261 g/mol. The third kappa shape index (κ3) is 4.32. The Morgan fingerprint density at radius 3 is 2.89 bits per heavy atom. The lowest BCUT2D eigenvalue weighted by molar-refractivity contribution is 0.587. The lowest BCUT2D eigenvalue weighted by atomic mass is 10.2. The maximum atomic E-state index is 9.05. The summed E-state index contributed by atoms with van der Waals surface area (Å²) in [7, 11) is 0. The van der Waals surface area contributed by atoms with Gasteiger partial charge in [-0.15, -0.1) is 11.8 Å². The number of thioether (sulfide) groups is 1. The van der Waals surface area contributed by atoms with Crippen LogP contribution < -0.4 is 5.32 Å². The third-order valence-corrected chi connectivity index (χ3v) is 3.85. The maximum Gasteiger partial charge on any atom is 0.0965 e. The highest BCUT2D eigenvalue weighted by Crippen LogP contribution is 2.22. The second-order valence-corrected chi connectivity index (χ2v) is 6.00. The molecule has 1 heterocycles. The van der Waals surface area contributed by atoms with Gasteiger partial charge in [0.05, 0.1) is 17.1 Å². The largest absolute Gasteiger partial charge is 0.299 e. The van der Waals surface area contributed by atoms with Crippen LogP contribution in [0.25, 0.3) is 0 Å². The molecule has 1 aliphatic carbocycles. The van der Waals surface area contributed by atoms with E-state index in [0.29, 0.717) is 6.04 Å². The monoisotopic (exact) mass is 261 g/mol. The van der Waals surface area contributed by atoms with Gasteiger partial charge in [0.25, 0.3) is 0 Å². The first kappa shape index (κ1) is 13.4. The number of aryl methyl sites for hydroxylation is 2. The molecule has 1 saturated carbocycles.